The van der Waals surface area contributed by atoms with Gasteiger partial charge in [0, 0.05) is 12.4 Å². The van der Waals surface area contributed by atoms with E-state index in [1.54, 1.807) is 30.3 Å². The van der Waals surface area contributed by atoms with Crippen LogP contribution in [0.15, 0.2) is 65.6 Å². The summed E-state index contributed by atoms with van der Waals surface area (Å²) in [6.45, 7) is 0.506. The van der Waals surface area contributed by atoms with Crippen molar-refractivity contribution in [3.63, 3.8) is 0 Å². The van der Waals surface area contributed by atoms with Gasteiger partial charge in [-0.2, -0.15) is 0 Å². The molecule has 0 bridgehead atoms. The van der Waals surface area contributed by atoms with Crippen molar-refractivity contribution in [2.45, 2.75) is 11.0 Å². The molecule has 1 atom stereocenters. The van der Waals surface area contributed by atoms with Crippen LogP contribution >= 0.6 is 11.6 Å². The Labute approximate surface area is 136 Å². The summed E-state index contributed by atoms with van der Waals surface area (Å²) in [5, 5.41) is 0. The topological polar surface area (TPSA) is 55.4 Å². The predicted octanol–water partition coefficient (Wildman–Crippen LogP) is 2.96. The molecule has 0 aliphatic heterocycles. The molecule has 0 aliphatic rings. The maximum Gasteiger partial charge on any atom is 0.240 e. The number of ether oxygens (including phenoxy) is 1. The third-order valence-corrected chi connectivity index (χ3v) is 4.67. The fourth-order valence-corrected chi connectivity index (χ4v) is 3.14. The highest BCUT2D eigenvalue weighted by Gasteiger charge is 2.18. The van der Waals surface area contributed by atoms with E-state index in [1.807, 2.05) is 30.3 Å². The van der Waals surface area contributed by atoms with E-state index in [4.69, 9.17) is 16.3 Å². The van der Waals surface area contributed by atoms with Gasteiger partial charge in [0.1, 0.15) is 0 Å². The number of sulfonamides is 1. The fraction of sp³-hybridized carbons (Fsp3) is 0.250. The first-order valence-electron chi connectivity index (χ1n) is 6.91. The van der Waals surface area contributed by atoms with Crippen molar-refractivity contribution in [3.05, 3.63) is 66.2 Å². The second kappa shape index (κ2) is 8.29. The Bertz CT molecular complexity index is 662. The lowest BCUT2D eigenvalue weighted by Gasteiger charge is -2.18. The van der Waals surface area contributed by atoms with Crippen molar-refractivity contribution >= 4 is 21.6 Å². The van der Waals surface area contributed by atoms with Crippen molar-refractivity contribution in [3.8, 4) is 0 Å². The normalized spacial score (nSPS) is 13.0. The summed E-state index contributed by atoms with van der Waals surface area (Å²) in [5.74, 6) is 0.356. The van der Waals surface area contributed by atoms with E-state index in [-0.39, 0.29) is 17.5 Å². The van der Waals surface area contributed by atoms with Gasteiger partial charge in [0.05, 0.1) is 17.6 Å². The summed E-state index contributed by atoms with van der Waals surface area (Å²) >= 11 is 5.66. The number of hydrogen-bond acceptors (Lipinski definition) is 3. The second-order valence-electron chi connectivity index (χ2n) is 4.62. The molecule has 0 aliphatic carbocycles. The minimum absolute atomic E-state index is 0.151. The van der Waals surface area contributed by atoms with Gasteiger partial charge in [-0.1, -0.05) is 48.5 Å². The van der Waals surface area contributed by atoms with Crippen LogP contribution in [-0.2, 0) is 14.8 Å². The average molecular weight is 340 g/mol. The molecule has 0 amide bonds. The van der Waals surface area contributed by atoms with Crippen LogP contribution in [0.1, 0.15) is 11.7 Å². The molecule has 0 spiro atoms. The zero-order valence-electron chi connectivity index (χ0n) is 12.0. The van der Waals surface area contributed by atoms with E-state index in [0.29, 0.717) is 12.5 Å². The fourth-order valence-electron chi connectivity index (χ4n) is 2.00. The Hall–Kier alpha value is -1.40. The molecule has 0 aromatic heterocycles. The highest BCUT2D eigenvalue weighted by Crippen LogP contribution is 2.17. The molecule has 4 nitrogen and oxygen atoms in total. The molecule has 0 heterocycles. The highest BCUT2D eigenvalue weighted by molar-refractivity contribution is 7.89. The lowest BCUT2D eigenvalue weighted by molar-refractivity contribution is 0.0676. The van der Waals surface area contributed by atoms with E-state index in [2.05, 4.69) is 4.72 Å². The summed E-state index contributed by atoms with van der Waals surface area (Å²) in [5.41, 5.74) is 0.906. The Morgan fingerprint density at radius 2 is 1.59 bits per heavy atom. The Morgan fingerprint density at radius 1 is 1.00 bits per heavy atom. The number of alkyl halides is 1. The smallest absolute Gasteiger partial charge is 0.240 e. The number of hydrogen-bond donors (Lipinski definition) is 1. The molecule has 2 aromatic rings. The van der Waals surface area contributed by atoms with E-state index in [0.717, 1.165) is 5.56 Å². The first-order chi connectivity index (χ1) is 10.6. The van der Waals surface area contributed by atoms with E-state index in [9.17, 15) is 8.42 Å². The first kappa shape index (κ1) is 17.0. The zero-order chi connectivity index (χ0) is 15.8. The SMILES string of the molecule is O=S(=O)(NCC(OCCCl)c1ccccc1)c1ccccc1. The zero-order valence-corrected chi connectivity index (χ0v) is 13.6. The Balaban J connectivity index is 2.08. The van der Waals surface area contributed by atoms with Gasteiger partial charge in [-0.3, -0.25) is 0 Å². The molecule has 0 saturated carbocycles. The van der Waals surface area contributed by atoms with Crippen molar-refractivity contribution in [1.82, 2.24) is 4.72 Å². The Morgan fingerprint density at radius 3 is 2.18 bits per heavy atom. The van der Waals surface area contributed by atoms with Crippen molar-refractivity contribution in [2.24, 2.45) is 0 Å². The third-order valence-electron chi connectivity index (χ3n) is 3.08. The molecule has 118 valence electrons. The van der Waals surface area contributed by atoms with Crippen molar-refractivity contribution in [2.75, 3.05) is 19.0 Å². The van der Waals surface area contributed by atoms with Crippen LogP contribution in [0.25, 0.3) is 0 Å². The molecule has 2 aromatic carbocycles. The van der Waals surface area contributed by atoms with Crippen molar-refractivity contribution in [1.29, 1.82) is 0 Å². The standard InChI is InChI=1S/C16H18ClNO3S/c17-11-12-21-16(14-7-3-1-4-8-14)13-18-22(19,20)15-9-5-2-6-10-15/h1-10,16,18H,11-13H2. The van der Waals surface area contributed by atoms with Crippen LogP contribution in [0.2, 0.25) is 0 Å². The van der Waals surface area contributed by atoms with Gasteiger partial charge < -0.3 is 4.74 Å². The quantitative estimate of drug-likeness (QED) is 0.752. The lowest BCUT2D eigenvalue weighted by atomic mass is 10.1. The summed E-state index contributed by atoms with van der Waals surface area (Å²) in [6, 6.07) is 17.7. The number of benzene rings is 2. The molecule has 1 unspecified atom stereocenters. The molecule has 22 heavy (non-hydrogen) atoms. The molecule has 0 fully saturated rings. The monoisotopic (exact) mass is 339 g/mol. The number of nitrogens with one attached hydrogen (secondary N) is 1. The van der Waals surface area contributed by atoms with Gasteiger partial charge in [0.2, 0.25) is 10.0 Å². The third kappa shape index (κ3) is 4.81. The molecule has 6 heteroatoms. The minimum Gasteiger partial charge on any atom is -0.371 e. The molecule has 0 radical (unpaired) electrons. The van der Waals surface area contributed by atoms with Crippen LogP contribution in [0.3, 0.4) is 0 Å². The highest BCUT2D eigenvalue weighted by atomic mass is 35.5. The average Bonchev–Trinajstić information content (AvgIpc) is 2.56. The van der Waals surface area contributed by atoms with Gasteiger partial charge in [-0.15, -0.1) is 11.6 Å². The predicted molar refractivity (Wildman–Crippen MR) is 87.5 cm³/mol. The summed E-state index contributed by atoms with van der Waals surface area (Å²) in [7, 11) is -3.55. The second-order valence-corrected chi connectivity index (χ2v) is 6.77. The molecule has 2 rings (SSSR count). The van der Waals surface area contributed by atoms with Crippen LogP contribution in [0.5, 0.6) is 0 Å². The van der Waals surface area contributed by atoms with Gasteiger partial charge in [-0.25, -0.2) is 13.1 Å². The van der Waals surface area contributed by atoms with Gasteiger partial charge in [0.15, 0.2) is 0 Å². The Kier molecular flexibility index (Phi) is 6.39. The van der Waals surface area contributed by atoms with Gasteiger partial charge >= 0.3 is 0 Å². The van der Waals surface area contributed by atoms with E-state index < -0.39 is 10.0 Å². The first-order valence-corrected chi connectivity index (χ1v) is 8.92. The van der Waals surface area contributed by atoms with E-state index >= 15 is 0 Å². The molecule has 0 saturated heterocycles. The van der Waals surface area contributed by atoms with Gasteiger partial charge in [-0.05, 0) is 17.7 Å². The van der Waals surface area contributed by atoms with Crippen LogP contribution < -0.4 is 4.72 Å². The van der Waals surface area contributed by atoms with Crippen LogP contribution in [0, 0.1) is 0 Å². The maximum atomic E-state index is 12.2. The number of halogens is 1. The van der Waals surface area contributed by atoms with Gasteiger partial charge in [0.25, 0.3) is 0 Å². The lowest BCUT2D eigenvalue weighted by Crippen LogP contribution is -2.30. The van der Waals surface area contributed by atoms with Crippen LogP contribution in [-0.4, -0.2) is 27.4 Å². The molecular formula is C16H18ClNO3S. The minimum atomic E-state index is -3.55. The maximum absolute atomic E-state index is 12.2. The van der Waals surface area contributed by atoms with E-state index in [1.165, 1.54) is 0 Å². The number of rotatable bonds is 8. The summed E-state index contributed by atoms with van der Waals surface area (Å²) in [4.78, 5) is 0.235. The summed E-state index contributed by atoms with van der Waals surface area (Å²) in [6.07, 6.45) is -0.376. The van der Waals surface area contributed by atoms with Crippen LogP contribution in [0.4, 0.5) is 0 Å². The summed E-state index contributed by atoms with van der Waals surface area (Å²) < 4.78 is 32.7. The largest absolute Gasteiger partial charge is 0.371 e. The molecular weight excluding hydrogens is 322 g/mol. The van der Waals surface area contributed by atoms with Crippen molar-refractivity contribution < 1.29 is 13.2 Å². The molecule has 1 N–H and O–H groups in total.